The van der Waals surface area contributed by atoms with Crippen LogP contribution in [0.4, 0.5) is 5.69 Å². The number of carbonyl (C=O) groups is 2. The number of para-hydroxylation sites is 1. The molecule has 0 bridgehead atoms. The first-order valence-electron chi connectivity index (χ1n) is 8.13. The highest BCUT2D eigenvalue weighted by atomic mass is 32.2. The number of anilines is 1. The van der Waals surface area contributed by atoms with Crippen LogP contribution in [0.1, 0.15) is 35.9 Å². The first kappa shape index (κ1) is 15.3. The summed E-state index contributed by atoms with van der Waals surface area (Å²) in [5.74, 6) is 0.401. The Morgan fingerprint density at radius 2 is 1.83 bits per heavy atom. The number of nitrogens with one attached hydrogen (secondary N) is 2. The lowest BCUT2D eigenvalue weighted by Crippen LogP contribution is -2.37. The van der Waals surface area contributed by atoms with Crippen LogP contribution in [0.15, 0.2) is 53.4 Å². The molecule has 0 saturated heterocycles. The van der Waals surface area contributed by atoms with E-state index in [1.807, 2.05) is 48.2 Å². The van der Waals surface area contributed by atoms with E-state index >= 15 is 0 Å². The van der Waals surface area contributed by atoms with Gasteiger partial charge in [0.15, 0.2) is 0 Å². The number of hydrogen-bond donors (Lipinski definition) is 2. The van der Waals surface area contributed by atoms with Crippen LogP contribution < -0.4 is 10.6 Å². The second kappa shape index (κ2) is 6.32. The first-order valence-corrected chi connectivity index (χ1v) is 9.12. The lowest BCUT2D eigenvalue weighted by Gasteiger charge is -2.29. The Hall–Kier alpha value is -2.27. The minimum Gasteiger partial charge on any atom is -0.349 e. The topological polar surface area (TPSA) is 58.2 Å². The second-order valence-electron chi connectivity index (χ2n) is 6.13. The van der Waals surface area contributed by atoms with Gasteiger partial charge in [0, 0.05) is 22.8 Å². The van der Waals surface area contributed by atoms with Crippen LogP contribution in [0.3, 0.4) is 0 Å². The minimum atomic E-state index is -0.420. The number of rotatable bonds is 2. The largest absolute Gasteiger partial charge is 0.349 e. The summed E-state index contributed by atoms with van der Waals surface area (Å²) in [6.07, 6.45) is 1.11. The van der Waals surface area contributed by atoms with Gasteiger partial charge in [0.25, 0.3) is 0 Å². The number of amides is 2. The zero-order valence-corrected chi connectivity index (χ0v) is 13.9. The molecule has 24 heavy (non-hydrogen) atoms. The molecular weight excluding hydrogens is 320 g/mol. The number of thioether (sulfide) groups is 1. The SMILES string of the molecule is O=C1CC(C(=O)NC2CCSc3ccccc32)c2ccccc2N1. The molecule has 2 N–H and O–H groups in total. The fourth-order valence-corrected chi connectivity index (χ4v) is 4.53. The van der Waals surface area contributed by atoms with Gasteiger partial charge >= 0.3 is 0 Å². The van der Waals surface area contributed by atoms with Gasteiger partial charge in [-0.25, -0.2) is 0 Å². The Morgan fingerprint density at radius 3 is 2.71 bits per heavy atom. The Bertz CT molecular complexity index is 805. The Balaban J connectivity index is 1.59. The van der Waals surface area contributed by atoms with Gasteiger partial charge in [0.1, 0.15) is 0 Å². The number of fused-ring (bicyclic) bond motifs is 2. The van der Waals surface area contributed by atoms with Gasteiger partial charge < -0.3 is 10.6 Å². The van der Waals surface area contributed by atoms with E-state index in [0.717, 1.165) is 23.4 Å². The smallest absolute Gasteiger partial charge is 0.228 e. The van der Waals surface area contributed by atoms with Gasteiger partial charge in [-0.3, -0.25) is 9.59 Å². The summed E-state index contributed by atoms with van der Waals surface area (Å²) in [6.45, 7) is 0. The molecule has 0 fully saturated rings. The van der Waals surface area contributed by atoms with E-state index in [4.69, 9.17) is 0 Å². The fraction of sp³-hybridized carbons (Fsp3) is 0.263. The van der Waals surface area contributed by atoms with Crippen molar-refractivity contribution in [2.75, 3.05) is 11.1 Å². The summed E-state index contributed by atoms with van der Waals surface area (Å²) in [7, 11) is 0. The number of hydrogen-bond acceptors (Lipinski definition) is 3. The lowest BCUT2D eigenvalue weighted by atomic mass is 9.89. The van der Waals surface area contributed by atoms with Gasteiger partial charge in [-0.05, 0) is 29.7 Å². The van der Waals surface area contributed by atoms with Crippen molar-refractivity contribution in [2.45, 2.75) is 29.7 Å². The Labute approximate surface area is 145 Å². The number of benzene rings is 2. The van der Waals surface area contributed by atoms with Gasteiger partial charge in [0.2, 0.25) is 11.8 Å². The van der Waals surface area contributed by atoms with Crippen LogP contribution in [0.25, 0.3) is 0 Å². The fourth-order valence-electron chi connectivity index (χ4n) is 3.41. The highest BCUT2D eigenvalue weighted by molar-refractivity contribution is 7.99. The lowest BCUT2D eigenvalue weighted by molar-refractivity contribution is -0.127. The summed E-state index contributed by atoms with van der Waals surface area (Å²) >= 11 is 1.83. The molecule has 0 spiro atoms. The molecule has 2 unspecified atom stereocenters. The minimum absolute atomic E-state index is 0.0205. The molecule has 0 aromatic heterocycles. The molecular formula is C19H18N2O2S. The zero-order chi connectivity index (χ0) is 16.5. The predicted molar refractivity (Wildman–Crippen MR) is 95.1 cm³/mol. The van der Waals surface area contributed by atoms with Gasteiger partial charge in [-0.1, -0.05) is 36.4 Å². The maximum Gasteiger partial charge on any atom is 0.228 e. The van der Waals surface area contributed by atoms with E-state index in [1.165, 1.54) is 10.5 Å². The quantitative estimate of drug-likeness (QED) is 0.881. The van der Waals surface area contributed by atoms with Crippen molar-refractivity contribution in [3.63, 3.8) is 0 Å². The third kappa shape index (κ3) is 2.80. The van der Waals surface area contributed by atoms with Crippen molar-refractivity contribution in [1.29, 1.82) is 0 Å². The van der Waals surface area contributed by atoms with Crippen LogP contribution in [0.2, 0.25) is 0 Å². The summed E-state index contributed by atoms with van der Waals surface area (Å²) < 4.78 is 0. The van der Waals surface area contributed by atoms with Crippen LogP contribution >= 0.6 is 11.8 Å². The number of carbonyl (C=O) groups excluding carboxylic acids is 2. The summed E-state index contributed by atoms with van der Waals surface area (Å²) in [5.41, 5.74) is 2.82. The van der Waals surface area contributed by atoms with Crippen LogP contribution in [0, 0.1) is 0 Å². The summed E-state index contributed by atoms with van der Waals surface area (Å²) in [5, 5.41) is 6.02. The van der Waals surface area contributed by atoms with Crippen LogP contribution in [0.5, 0.6) is 0 Å². The molecule has 0 aliphatic carbocycles. The molecule has 2 aliphatic heterocycles. The standard InChI is InChI=1S/C19H18N2O2S/c22-18-11-14(12-5-1-3-7-15(12)20-18)19(23)21-16-9-10-24-17-8-4-2-6-13(16)17/h1-8,14,16H,9-11H2,(H,20,22)(H,21,23). The van der Waals surface area contributed by atoms with Gasteiger partial charge in [0.05, 0.1) is 12.0 Å². The molecule has 2 aromatic rings. The van der Waals surface area contributed by atoms with E-state index in [0.29, 0.717) is 0 Å². The molecule has 2 amide bonds. The van der Waals surface area contributed by atoms with Crippen LogP contribution in [-0.2, 0) is 9.59 Å². The molecule has 2 heterocycles. The summed E-state index contributed by atoms with van der Waals surface area (Å²) in [4.78, 5) is 26.1. The molecule has 0 radical (unpaired) electrons. The maximum atomic E-state index is 12.9. The van der Waals surface area contributed by atoms with E-state index in [-0.39, 0.29) is 24.3 Å². The molecule has 0 saturated carbocycles. The maximum absolute atomic E-state index is 12.9. The van der Waals surface area contributed by atoms with E-state index in [2.05, 4.69) is 22.8 Å². The van der Waals surface area contributed by atoms with Crippen LogP contribution in [-0.4, -0.2) is 17.6 Å². The third-order valence-electron chi connectivity index (χ3n) is 4.59. The molecule has 4 nitrogen and oxygen atoms in total. The highest BCUT2D eigenvalue weighted by Gasteiger charge is 2.32. The molecule has 2 atom stereocenters. The van der Waals surface area contributed by atoms with Crippen molar-refractivity contribution in [3.8, 4) is 0 Å². The first-order chi connectivity index (χ1) is 11.7. The van der Waals surface area contributed by atoms with Crippen molar-refractivity contribution in [2.24, 2.45) is 0 Å². The van der Waals surface area contributed by atoms with Crippen molar-refractivity contribution < 1.29 is 9.59 Å². The monoisotopic (exact) mass is 338 g/mol. The average molecular weight is 338 g/mol. The van der Waals surface area contributed by atoms with E-state index < -0.39 is 5.92 Å². The van der Waals surface area contributed by atoms with Gasteiger partial charge in [-0.15, -0.1) is 11.8 Å². The molecule has 122 valence electrons. The van der Waals surface area contributed by atoms with E-state index in [9.17, 15) is 9.59 Å². The van der Waals surface area contributed by atoms with Crippen molar-refractivity contribution in [3.05, 3.63) is 59.7 Å². The second-order valence-corrected chi connectivity index (χ2v) is 7.27. The predicted octanol–water partition coefficient (Wildman–Crippen LogP) is 3.47. The molecule has 2 aliphatic rings. The normalized spacial score (nSPS) is 22.1. The van der Waals surface area contributed by atoms with E-state index in [1.54, 1.807) is 0 Å². The molecule has 5 heteroatoms. The Kier molecular flexibility index (Phi) is 4.02. The zero-order valence-electron chi connectivity index (χ0n) is 13.1. The van der Waals surface area contributed by atoms with Crippen molar-refractivity contribution >= 4 is 29.3 Å². The molecule has 2 aromatic carbocycles. The summed E-state index contributed by atoms with van der Waals surface area (Å²) in [6, 6.07) is 15.8. The average Bonchev–Trinajstić information content (AvgIpc) is 2.61. The Morgan fingerprint density at radius 1 is 1.08 bits per heavy atom. The molecule has 4 rings (SSSR count). The van der Waals surface area contributed by atoms with Crippen molar-refractivity contribution in [1.82, 2.24) is 5.32 Å². The highest BCUT2D eigenvalue weighted by Crippen LogP contribution is 2.37. The van der Waals surface area contributed by atoms with Gasteiger partial charge in [-0.2, -0.15) is 0 Å². The third-order valence-corrected chi connectivity index (χ3v) is 5.71.